The molecule has 1 saturated heterocycles. The molecular weight excluding hydrogens is 158 g/mol. The number of nitrogens with zero attached hydrogens (tertiary/aromatic N) is 2. The molecule has 2 amide bonds. The summed E-state index contributed by atoms with van der Waals surface area (Å²) in [6.07, 6.45) is 0. The summed E-state index contributed by atoms with van der Waals surface area (Å²) in [5.41, 5.74) is 5.28. The van der Waals surface area contributed by atoms with E-state index in [9.17, 15) is 9.59 Å². The number of carbonyl (C=O) groups excluding carboxylic acids is 2. The molecule has 0 saturated carbocycles. The fraction of sp³-hybridized carbons (Fsp3) is 0.714. The van der Waals surface area contributed by atoms with Crippen molar-refractivity contribution in [2.75, 3.05) is 33.2 Å². The van der Waals surface area contributed by atoms with Crippen molar-refractivity contribution in [3.8, 4) is 0 Å². The Morgan fingerprint density at radius 2 is 2.00 bits per heavy atom. The molecule has 0 aromatic rings. The zero-order chi connectivity index (χ0) is 9.14. The number of likely N-dealkylation sites (N-methyl/N-ethyl adjacent to an activating group) is 1. The summed E-state index contributed by atoms with van der Waals surface area (Å²) in [5.74, 6) is -0.0504. The summed E-state index contributed by atoms with van der Waals surface area (Å²) in [7, 11) is 1.63. The van der Waals surface area contributed by atoms with Gasteiger partial charge in [0.15, 0.2) is 0 Å². The van der Waals surface area contributed by atoms with Crippen LogP contribution in [-0.2, 0) is 9.59 Å². The van der Waals surface area contributed by atoms with E-state index in [4.69, 9.17) is 5.73 Å². The first kappa shape index (κ1) is 8.99. The third-order valence-corrected chi connectivity index (χ3v) is 1.88. The highest BCUT2D eigenvalue weighted by molar-refractivity contribution is 5.92. The number of amides is 2. The van der Waals surface area contributed by atoms with E-state index in [0.29, 0.717) is 13.1 Å². The van der Waals surface area contributed by atoms with Gasteiger partial charge in [-0.1, -0.05) is 0 Å². The lowest BCUT2D eigenvalue weighted by atomic mass is 10.3. The van der Waals surface area contributed by atoms with Crippen LogP contribution in [0, 0.1) is 0 Å². The Balaban J connectivity index is 2.55. The van der Waals surface area contributed by atoms with Crippen molar-refractivity contribution in [1.29, 1.82) is 0 Å². The lowest BCUT2D eigenvalue weighted by Crippen LogP contribution is -2.53. The van der Waals surface area contributed by atoms with Gasteiger partial charge in [0, 0.05) is 20.1 Å². The molecule has 0 aromatic heterocycles. The molecule has 0 bridgehead atoms. The summed E-state index contributed by atoms with van der Waals surface area (Å²) in [6, 6.07) is 0. The van der Waals surface area contributed by atoms with Crippen molar-refractivity contribution in [1.82, 2.24) is 9.80 Å². The highest BCUT2D eigenvalue weighted by Gasteiger charge is 2.26. The van der Waals surface area contributed by atoms with E-state index in [1.165, 1.54) is 9.80 Å². The van der Waals surface area contributed by atoms with Gasteiger partial charge in [-0.05, 0) is 0 Å². The van der Waals surface area contributed by atoms with Crippen LogP contribution in [0.5, 0.6) is 0 Å². The SMILES string of the molecule is CN1CC(=O)N(CCN)CC1=O. The second-order valence-corrected chi connectivity index (χ2v) is 2.85. The monoisotopic (exact) mass is 171 g/mol. The molecule has 0 spiro atoms. The minimum absolute atomic E-state index is 0.0250. The Morgan fingerprint density at radius 3 is 2.58 bits per heavy atom. The van der Waals surface area contributed by atoms with Crippen LogP contribution in [0.25, 0.3) is 0 Å². The summed E-state index contributed by atoms with van der Waals surface area (Å²) < 4.78 is 0. The molecule has 1 aliphatic rings. The predicted molar refractivity (Wildman–Crippen MR) is 43.3 cm³/mol. The fourth-order valence-corrected chi connectivity index (χ4v) is 1.12. The van der Waals surface area contributed by atoms with Gasteiger partial charge in [0.1, 0.15) is 0 Å². The predicted octanol–water partition coefficient (Wildman–Crippen LogP) is -1.75. The van der Waals surface area contributed by atoms with E-state index in [2.05, 4.69) is 0 Å². The van der Waals surface area contributed by atoms with Gasteiger partial charge in [-0.2, -0.15) is 0 Å². The lowest BCUT2D eigenvalue weighted by molar-refractivity contribution is -0.148. The van der Waals surface area contributed by atoms with Crippen LogP contribution in [0.1, 0.15) is 0 Å². The standard InChI is InChI=1S/C7H13N3O2/c1-9-4-7(12)10(3-2-8)5-6(9)11/h2-5,8H2,1H3. The maximum atomic E-state index is 11.2. The third kappa shape index (κ3) is 1.73. The Labute approximate surface area is 71.1 Å². The molecule has 68 valence electrons. The number of carbonyl (C=O) groups is 2. The third-order valence-electron chi connectivity index (χ3n) is 1.88. The topological polar surface area (TPSA) is 66.6 Å². The van der Waals surface area contributed by atoms with Gasteiger partial charge in [0.25, 0.3) is 0 Å². The molecule has 0 aromatic carbocycles. The van der Waals surface area contributed by atoms with Gasteiger partial charge >= 0.3 is 0 Å². The zero-order valence-electron chi connectivity index (χ0n) is 7.12. The summed E-state index contributed by atoms with van der Waals surface area (Å²) >= 11 is 0. The van der Waals surface area contributed by atoms with Crippen LogP contribution in [0.15, 0.2) is 0 Å². The molecule has 0 radical (unpaired) electrons. The Hall–Kier alpha value is -1.10. The van der Waals surface area contributed by atoms with Gasteiger partial charge in [0.05, 0.1) is 13.1 Å². The molecule has 1 rings (SSSR count). The highest BCUT2D eigenvalue weighted by Crippen LogP contribution is 2.00. The summed E-state index contributed by atoms with van der Waals surface area (Å²) in [6.45, 7) is 1.23. The fourth-order valence-electron chi connectivity index (χ4n) is 1.12. The minimum atomic E-state index is -0.0254. The molecule has 1 fully saturated rings. The average Bonchev–Trinajstić information content (AvgIpc) is 2.01. The van der Waals surface area contributed by atoms with Crippen molar-refractivity contribution in [2.45, 2.75) is 0 Å². The van der Waals surface area contributed by atoms with Crippen molar-refractivity contribution in [3.05, 3.63) is 0 Å². The molecular formula is C7H13N3O2. The number of rotatable bonds is 2. The van der Waals surface area contributed by atoms with Crippen molar-refractivity contribution >= 4 is 11.8 Å². The molecule has 5 heteroatoms. The van der Waals surface area contributed by atoms with E-state index in [-0.39, 0.29) is 24.9 Å². The first-order valence-corrected chi connectivity index (χ1v) is 3.87. The minimum Gasteiger partial charge on any atom is -0.335 e. The molecule has 0 atom stereocenters. The van der Waals surface area contributed by atoms with Crippen molar-refractivity contribution in [2.24, 2.45) is 5.73 Å². The highest BCUT2D eigenvalue weighted by atomic mass is 16.2. The lowest BCUT2D eigenvalue weighted by Gasteiger charge is -2.31. The van der Waals surface area contributed by atoms with Crippen molar-refractivity contribution < 1.29 is 9.59 Å². The summed E-state index contributed by atoms with van der Waals surface area (Å²) in [5, 5.41) is 0. The molecule has 0 aliphatic carbocycles. The van der Waals surface area contributed by atoms with E-state index < -0.39 is 0 Å². The second-order valence-electron chi connectivity index (χ2n) is 2.85. The molecule has 1 aliphatic heterocycles. The van der Waals surface area contributed by atoms with Crippen LogP contribution in [0.4, 0.5) is 0 Å². The van der Waals surface area contributed by atoms with Gasteiger partial charge < -0.3 is 15.5 Å². The Bertz CT molecular complexity index is 205. The summed E-state index contributed by atoms with van der Waals surface area (Å²) in [4.78, 5) is 25.2. The van der Waals surface area contributed by atoms with Crippen LogP contribution >= 0.6 is 0 Å². The normalized spacial score (nSPS) is 18.8. The average molecular weight is 171 g/mol. The number of nitrogens with two attached hydrogens (primary N) is 1. The Kier molecular flexibility index (Phi) is 2.65. The van der Waals surface area contributed by atoms with E-state index in [1.54, 1.807) is 7.05 Å². The van der Waals surface area contributed by atoms with Gasteiger partial charge in [-0.3, -0.25) is 9.59 Å². The second kappa shape index (κ2) is 3.53. The van der Waals surface area contributed by atoms with Crippen LogP contribution in [-0.4, -0.2) is 54.8 Å². The largest absolute Gasteiger partial charge is 0.335 e. The first-order valence-electron chi connectivity index (χ1n) is 3.87. The first-order chi connectivity index (χ1) is 5.65. The van der Waals surface area contributed by atoms with E-state index in [1.807, 2.05) is 0 Å². The molecule has 5 nitrogen and oxygen atoms in total. The molecule has 12 heavy (non-hydrogen) atoms. The van der Waals surface area contributed by atoms with Crippen LogP contribution in [0.3, 0.4) is 0 Å². The van der Waals surface area contributed by atoms with Crippen LogP contribution < -0.4 is 5.73 Å². The quantitative estimate of drug-likeness (QED) is 0.535. The van der Waals surface area contributed by atoms with E-state index >= 15 is 0 Å². The Morgan fingerprint density at radius 1 is 1.33 bits per heavy atom. The maximum absolute atomic E-state index is 11.2. The molecule has 2 N–H and O–H groups in total. The molecule has 1 heterocycles. The number of hydrogen-bond donors (Lipinski definition) is 1. The smallest absolute Gasteiger partial charge is 0.242 e. The van der Waals surface area contributed by atoms with E-state index in [0.717, 1.165) is 0 Å². The van der Waals surface area contributed by atoms with Gasteiger partial charge in [0.2, 0.25) is 11.8 Å². The van der Waals surface area contributed by atoms with Crippen molar-refractivity contribution in [3.63, 3.8) is 0 Å². The maximum Gasteiger partial charge on any atom is 0.242 e. The van der Waals surface area contributed by atoms with Crippen LogP contribution in [0.2, 0.25) is 0 Å². The zero-order valence-corrected chi connectivity index (χ0v) is 7.12. The molecule has 0 unspecified atom stereocenters. The number of hydrogen-bond acceptors (Lipinski definition) is 3. The number of piperazine rings is 1. The van der Waals surface area contributed by atoms with Gasteiger partial charge in [-0.15, -0.1) is 0 Å². The van der Waals surface area contributed by atoms with Gasteiger partial charge in [-0.25, -0.2) is 0 Å².